The minimum Gasteiger partial charge on any atom is -0.339 e. The largest absolute Gasteiger partial charge is 0.339 e. The Morgan fingerprint density at radius 1 is 1.23 bits per heavy atom. The van der Waals surface area contributed by atoms with Crippen LogP contribution in [0.15, 0.2) is 36.5 Å². The number of nitrogens with zero attached hydrogens (tertiary/aromatic N) is 3. The van der Waals surface area contributed by atoms with Crippen LogP contribution in [0, 0.1) is 0 Å². The number of pyridine rings is 1. The van der Waals surface area contributed by atoms with Gasteiger partial charge in [0.2, 0.25) is 0 Å². The number of carbonyl (C=O) groups is 1. The monoisotopic (exact) mass is 297 g/mol. The Balaban J connectivity index is 1.77. The molecule has 0 unspecified atom stereocenters. The topological polar surface area (TPSA) is 36.4 Å². The standard InChI is InChI=1S/C18H23N3O/c1-20(2)16-6-4-11-21(12-9-16)18(22)15-7-8-17-14(13-15)5-3-10-19-17/h3,5,7-8,10,13,16H,4,6,9,11-12H2,1-2H3/t16-/m1/s1. The van der Waals surface area contributed by atoms with Crippen molar-refractivity contribution in [1.82, 2.24) is 14.8 Å². The molecule has 0 N–H and O–H groups in total. The van der Waals surface area contributed by atoms with Crippen LogP contribution in [0.3, 0.4) is 0 Å². The molecule has 1 saturated heterocycles. The molecule has 1 aromatic heterocycles. The highest BCUT2D eigenvalue weighted by Gasteiger charge is 2.22. The molecule has 4 nitrogen and oxygen atoms in total. The third-order valence-corrected chi connectivity index (χ3v) is 4.57. The number of rotatable bonds is 2. The number of likely N-dealkylation sites (tertiary alicyclic amines) is 1. The predicted octanol–water partition coefficient (Wildman–Crippen LogP) is 2.79. The third kappa shape index (κ3) is 3.12. The van der Waals surface area contributed by atoms with Crippen LogP contribution in [0.4, 0.5) is 0 Å². The van der Waals surface area contributed by atoms with E-state index in [9.17, 15) is 4.79 Å². The molecule has 22 heavy (non-hydrogen) atoms. The highest BCUT2D eigenvalue weighted by atomic mass is 16.2. The molecule has 1 aliphatic heterocycles. The summed E-state index contributed by atoms with van der Waals surface area (Å²) < 4.78 is 0. The molecule has 2 aromatic rings. The van der Waals surface area contributed by atoms with Crippen LogP contribution in [0.1, 0.15) is 29.6 Å². The van der Waals surface area contributed by atoms with E-state index >= 15 is 0 Å². The SMILES string of the molecule is CN(C)[C@@H]1CCCN(C(=O)c2ccc3ncccc3c2)CC1. The van der Waals surface area contributed by atoms with Gasteiger partial charge < -0.3 is 9.80 Å². The fourth-order valence-corrected chi connectivity index (χ4v) is 3.19. The van der Waals surface area contributed by atoms with Gasteiger partial charge in [-0.05, 0) is 57.6 Å². The molecule has 0 aliphatic carbocycles. The molecule has 1 aromatic carbocycles. The summed E-state index contributed by atoms with van der Waals surface area (Å²) in [6.07, 6.45) is 5.07. The maximum atomic E-state index is 12.8. The zero-order valence-corrected chi connectivity index (χ0v) is 13.3. The quantitative estimate of drug-likeness (QED) is 0.855. The number of hydrogen-bond donors (Lipinski definition) is 0. The molecule has 1 fully saturated rings. The molecule has 3 rings (SSSR count). The fraction of sp³-hybridized carbons (Fsp3) is 0.444. The first kappa shape index (κ1) is 15.0. The lowest BCUT2D eigenvalue weighted by Crippen LogP contribution is -2.33. The van der Waals surface area contributed by atoms with Gasteiger partial charge in [-0.2, -0.15) is 0 Å². The van der Waals surface area contributed by atoms with E-state index in [0.29, 0.717) is 6.04 Å². The molecular weight excluding hydrogens is 274 g/mol. The first-order valence-electron chi connectivity index (χ1n) is 7.95. The molecule has 0 saturated carbocycles. The summed E-state index contributed by atoms with van der Waals surface area (Å²) in [4.78, 5) is 21.3. The highest BCUT2D eigenvalue weighted by Crippen LogP contribution is 2.19. The Kier molecular flexibility index (Phi) is 4.39. The van der Waals surface area contributed by atoms with Gasteiger partial charge in [0.15, 0.2) is 0 Å². The number of carbonyl (C=O) groups excluding carboxylic acids is 1. The van der Waals surface area contributed by atoms with Crippen LogP contribution in [0.25, 0.3) is 10.9 Å². The van der Waals surface area contributed by atoms with E-state index in [1.165, 1.54) is 6.42 Å². The molecular formula is C18H23N3O. The van der Waals surface area contributed by atoms with Gasteiger partial charge in [0.25, 0.3) is 5.91 Å². The van der Waals surface area contributed by atoms with Crippen LogP contribution in [0.5, 0.6) is 0 Å². The first-order chi connectivity index (χ1) is 10.6. The van der Waals surface area contributed by atoms with Crippen LogP contribution in [0.2, 0.25) is 0 Å². The predicted molar refractivity (Wildman–Crippen MR) is 89.0 cm³/mol. The van der Waals surface area contributed by atoms with Crippen molar-refractivity contribution in [3.63, 3.8) is 0 Å². The lowest BCUT2D eigenvalue weighted by molar-refractivity contribution is 0.0759. The fourth-order valence-electron chi connectivity index (χ4n) is 3.19. The second-order valence-electron chi connectivity index (χ2n) is 6.25. The van der Waals surface area contributed by atoms with Gasteiger partial charge in [-0.1, -0.05) is 6.07 Å². The average Bonchev–Trinajstić information content (AvgIpc) is 2.80. The zero-order chi connectivity index (χ0) is 15.5. The molecule has 0 spiro atoms. The smallest absolute Gasteiger partial charge is 0.253 e. The van der Waals surface area contributed by atoms with Gasteiger partial charge in [-0.25, -0.2) is 0 Å². The Labute approximate surface area is 131 Å². The highest BCUT2D eigenvalue weighted by molar-refractivity contribution is 5.97. The van der Waals surface area contributed by atoms with Crippen LogP contribution in [-0.2, 0) is 0 Å². The minimum absolute atomic E-state index is 0.144. The summed E-state index contributed by atoms with van der Waals surface area (Å²) in [5.41, 5.74) is 1.70. The van der Waals surface area contributed by atoms with Crippen molar-refractivity contribution in [2.24, 2.45) is 0 Å². The van der Waals surface area contributed by atoms with E-state index in [0.717, 1.165) is 42.4 Å². The van der Waals surface area contributed by atoms with E-state index in [1.807, 2.05) is 35.2 Å². The van der Waals surface area contributed by atoms with Gasteiger partial charge in [-0.3, -0.25) is 9.78 Å². The lowest BCUT2D eigenvalue weighted by Gasteiger charge is -2.23. The molecule has 2 heterocycles. The van der Waals surface area contributed by atoms with E-state index in [-0.39, 0.29) is 5.91 Å². The van der Waals surface area contributed by atoms with Gasteiger partial charge in [0.1, 0.15) is 0 Å². The van der Waals surface area contributed by atoms with Crippen LogP contribution < -0.4 is 0 Å². The number of benzene rings is 1. The number of amides is 1. The molecule has 1 atom stereocenters. The number of fused-ring (bicyclic) bond motifs is 1. The van der Waals surface area contributed by atoms with Crippen molar-refractivity contribution in [2.45, 2.75) is 25.3 Å². The summed E-state index contributed by atoms with van der Waals surface area (Å²) in [7, 11) is 4.25. The summed E-state index contributed by atoms with van der Waals surface area (Å²) in [5, 5.41) is 1.02. The van der Waals surface area contributed by atoms with Crippen molar-refractivity contribution in [3.8, 4) is 0 Å². The maximum Gasteiger partial charge on any atom is 0.253 e. The van der Waals surface area contributed by atoms with Gasteiger partial charge in [0, 0.05) is 36.3 Å². The van der Waals surface area contributed by atoms with Gasteiger partial charge >= 0.3 is 0 Å². The van der Waals surface area contributed by atoms with E-state index in [4.69, 9.17) is 0 Å². The Hall–Kier alpha value is -1.94. The normalized spacial score (nSPS) is 19.4. The summed E-state index contributed by atoms with van der Waals surface area (Å²) in [6, 6.07) is 10.3. The molecule has 0 radical (unpaired) electrons. The van der Waals surface area contributed by atoms with Crippen molar-refractivity contribution in [2.75, 3.05) is 27.2 Å². The lowest BCUT2D eigenvalue weighted by atomic mass is 10.1. The summed E-state index contributed by atoms with van der Waals surface area (Å²) in [6.45, 7) is 1.70. The van der Waals surface area contributed by atoms with E-state index in [2.05, 4.69) is 24.0 Å². The average molecular weight is 297 g/mol. The Bertz CT molecular complexity index is 668. The molecule has 0 bridgehead atoms. The summed E-state index contributed by atoms with van der Waals surface area (Å²) >= 11 is 0. The van der Waals surface area contributed by atoms with Crippen LogP contribution in [-0.4, -0.2) is 53.9 Å². The van der Waals surface area contributed by atoms with Crippen molar-refractivity contribution < 1.29 is 4.79 Å². The maximum absolute atomic E-state index is 12.8. The minimum atomic E-state index is 0.144. The molecule has 116 valence electrons. The van der Waals surface area contributed by atoms with Crippen LogP contribution >= 0.6 is 0 Å². The Morgan fingerprint density at radius 2 is 2.09 bits per heavy atom. The number of hydrogen-bond acceptors (Lipinski definition) is 3. The Morgan fingerprint density at radius 3 is 2.91 bits per heavy atom. The third-order valence-electron chi connectivity index (χ3n) is 4.57. The molecule has 1 amide bonds. The zero-order valence-electron chi connectivity index (χ0n) is 13.3. The second kappa shape index (κ2) is 6.44. The van der Waals surface area contributed by atoms with Crippen molar-refractivity contribution in [3.05, 3.63) is 42.1 Å². The van der Waals surface area contributed by atoms with Gasteiger partial charge in [-0.15, -0.1) is 0 Å². The van der Waals surface area contributed by atoms with Crippen molar-refractivity contribution >= 4 is 16.8 Å². The molecule has 4 heteroatoms. The first-order valence-corrected chi connectivity index (χ1v) is 7.95. The summed E-state index contributed by atoms with van der Waals surface area (Å²) in [5.74, 6) is 0.144. The second-order valence-corrected chi connectivity index (χ2v) is 6.25. The molecule has 1 aliphatic rings. The van der Waals surface area contributed by atoms with Gasteiger partial charge in [0.05, 0.1) is 5.52 Å². The van der Waals surface area contributed by atoms with E-state index < -0.39 is 0 Å². The van der Waals surface area contributed by atoms with Crippen molar-refractivity contribution in [1.29, 1.82) is 0 Å². The number of aromatic nitrogens is 1. The van der Waals surface area contributed by atoms with E-state index in [1.54, 1.807) is 6.20 Å².